The van der Waals surface area contributed by atoms with Gasteiger partial charge in [0.05, 0.1) is 0 Å². The van der Waals surface area contributed by atoms with Gasteiger partial charge in [0.25, 0.3) is 0 Å². The van der Waals surface area contributed by atoms with Gasteiger partial charge >= 0.3 is 8.80 Å². The van der Waals surface area contributed by atoms with Crippen LogP contribution in [0.25, 0.3) is 0 Å². The Balaban J connectivity index is 4.54. The standard InChI is InChI=1S/C11H25ClO3Si/c1-5-9-10-11(12)16(13-6-2,14-7-3)15-8-4/h11H,5-10H2,1-4H3. The van der Waals surface area contributed by atoms with Crippen LogP contribution in [0.1, 0.15) is 47.0 Å². The molecule has 0 aliphatic carbocycles. The van der Waals surface area contributed by atoms with Gasteiger partial charge in [-0.3, -0.25) is 0 Å². The summed E-state index contributed by atoms with van der Waals surface area (Å²) in [6, 6.07) is 0. The van der Waals surface area contributed by atoms with Crippen molar-refractivity contribution < 1.29 is 13.3 Å². The molecular weight excluding hydrogens is 244 g/mol. The van der Waals surface area contributed by atoms with Crippen molar-refractivity contribution in [2.45, 2.75) is 52.0 Å². The molecule has 1 atom stereocenters. The molecule has 0 spiro atoms. The van der Waals surface area contributed by atoms with E-state index >= 15 is 0 Å². The predicted molar refractivity (Wildman–Crippen MR) is 69.8 cm³/mol. The zero-order chi connectivity index (χ0) is 12.4. The van der Waals surface area contributed by atoms with Crippen LogP contribution < -0.4 is 0 Å². The van der Waals surface area contributed by atoms with E-state index in [0.717, 1.165) is 19.3 Å². The summed E-state index contributed by atoms with van der Waals surface area (Å²) in [6.45, 7) is 9.75. The molecule has 0 aromatic heterocycles. The van der Waals surface area contributed by atoms with E-state index in [1.807, 2.05) is 20.8 Å². The summed E-state index contributed by atoms with van der Waals surface area (Å²) >= 11 is 6.41. The Labute approximate surface area is 106 Å². The zero-order valence-electron chi connectivity index (χ0n) is 10.9. The minimum Gasteiger partial charge on any atom is -0.373 e. The molecule has 0 rings (SSSR count). The third-order valence-corrected chi connectivity index (χ3v) is 6.38. The first kappa shape index (κ1) is 16.4. The Morgan fingerprint density at radius 3 is 1.69 bits per heavy atom. The van der Waals surface area contributed by atoms with Gasteiger partial charge in [-0.1, -0.05) is 19.8 Å². The first-order chi connectivity index (χ1) is 7.66. The lowest BCUT2D eigenvalue weighted by molar-refractivity contribution is 0.0680. The monoisotopic (exact) mass is 268 g/mol. The first-order valence-corrected chi connectivity index (χ1v) is 8.46. The summed E-state index contributed by atoms with van der Waals surface area (Å²) in [5.74, 6) is 0. The second kappa shape index (κ2) is 9.42. The van der Waals surface area contributed by atoms with E-state index in [2.05, 4.69) is 6.92 Å². The third-order valence-electron chi connectivity index (χ3n) is 2.23. The van der Waals surface area contributed by atoms with Crippen molar-refractivity contribution in [2.75, 3.05) is 19.8 Å². The first-order valence-electron chi connectivity index (χ1n) is 6.22. The number of hydrogen-bond donors (Lipinski definition) is 0. The third kappa shape index (κ3) is 5.14. The van der Waals surface area contributed by atoms with Crippen LogP contribution in [0.5, 0.6) is 0 Å². The number of alkyl halides is 1. The van der Waals surface area contributed by atoms with E-state index < -0.39 is 8.80 Å². The normalized spacial score (nSPS) is 14.1. The molecule has 0 amide bonds. The highest BCUT2D eigenvalue weighted by Crippen LogP contribution is 2.24. The molecule has 0 radical (unpaired) electrons. The van der Waals surface area contributed by atoms with Gasteiger partial charge in [0.1, 0.15) is 5.00 Å². The van der Waals surface area contributed by atoms with Crippen LogP contribution in [0.4, 0.5) is 0 Å². The summed E-state index contributed by atoms with van der Waals surface area (Å²) < 4.78 is 17.2. The van der Waals surface area contributed by atoms with Gasteiger partial charge in [0.2, 0.25) is 0 Å². The Bertz CT molecular complexity index is 152. The molecule has 0 N–H and O–H groups in total. The molecular formula is C11H25ClO3Si. The van der Waals surface area contributed by atoms with Crippen molar-refractivity contribution in [3.63, 3.8) is 0 Å². The largest absolute Gasteiger partial charge is 0.519 e. The van der Waals surface area contributed by atoms with Gasteiger partial charge in [-0.2, -0.15) is 0 Å². The van der Waals surface area contributed by atoms with Crippen molar-refractivity contribution in [1.82, 2.24) is 0 Å². The molecule has 0 aromatic rings. The van der Waals surface area contributed by atoms with E-state index in [1.54, 1.807) is 0 Å². The summed E-state index contributed by atoms with van der Waals surface area (Å²) in [4.78, 5) is 0. The van der Waals surface area contributed by atoms with Gasteiger partial charge in [-0.15, -0.1) is 11.6 Å². The summed E-state index contributed by atoms with van der Waals surface area (Å²) in [5, 5.41) is -0.132. The molecule has 0 aliphatic heterocycles. The van der Waals surface area contributed by atoms with Crippen molar-refractivity contribution in [3.05, 3.63) is 0 Å². The molecule has 0 bridgehead atoms. The lowest BCUT2D eigenvalue weighted by atomic mass is 10.3. The highest BCUT2D eigenvalue weighted by Gasteiger charge is 2.48. The number of rotatable bonds is 10. The van der Waals surface area contributed by atoms with Crippen molar-refractivity contribution in [3.8, 4) is 0 Å². The summed E-state index contributed by atoms with van der Waals surface area (Å²) in [5.41, 5.74) is 0. The van der Waals surface area contributed by atoms with Gasteiger partial charge in [-0.05, 0) is 27.2 Å². The van der Waals surface area contributed by atoms with Crippen molar-refractivity contribution in [1.29, 1.82) is 0 Å². The molecule has 0 fully saturated rings. The molecule has 1 unspecified atom stereocenters. The molecule has 0 heterocycles. The fraction of sp³-hybridized carbons (Fsp3) is 1.00. The van der Waals surface area contributed by atoms with E-state index in [-0.39, 0.29) is 5.00 Å². The Kier molecular flexibility index (Phi) is 9.65. The maximum atomic E-state index is 6.41. The topological polar surface area (TPSA) is 27.7 Å². The van der Waals surface area contributed by atoms with Crippen LogP contribution in [-0.2, 0) is 13.3 Å². The van der Waals surface area contributed by atoms with Crippen LogP contribution >= 0.6 is 11.6 Å². The molecule has 3 nitrogen and oxygen atoms in total. The second-order valence-corrected chi connectivity index (χ2v) is 7.18. The average molecular weight is 269 g/mol. The lowest BCUT2D eigenvalue weighted by Crippen LogP contribution is -2.54. The summed E-state index contributed by atoms with van der Waals surface area (Å²) in [6.07, 6.45) is 3.10. The second-order valence-electron chi connectivity index (χ2n) is 3.51. The van der Waals surface area contributed by atoms with Gasteiger partial charge < -0.3 is 13.3 Å². The average Bonchev–Trinajstić information content (AvgIpc) is 2.26. The Hall–Kier alpha value is 0.387. The van der Waals surface area contributed by atoms with E-state index in [0.29, 0.717) is 19.8 Å². The van der Waals surface area contributed by atoms with Crippen LogP contribution in [0.3, 0.4) is 0 Å². The van der Waals surface area contributed by atoms with Crippen LogP contribution in [0.2, 0.25) is 0 Å². The van der Waals surface area contributed by atoms with E-state index in [4.69, 9.17) is 24.9 Å². The molecule has 98 valence electrons. The maximum Gasteiger partial charge on any atom is 0.519 e. The van der Waals surface area contributed by atoms with E-state index in [9.17, 15) is 0 Å². The summed E-state index contributed by atoms with van der Waals surface area (Å²) in [7, 11) is -2.67. The van der Waals surface area contributed by atoms with Gasteiger partial charge in [0, 0.05) is 19.8 Å². The smallest absolute Gasteiger partial charge is 0.373 e. The fourth-order valence-corrected chi connectivity index (χ4v) is 4.84. The lowest BCUT2D eigenvalue weighted by Gasteiger charge is -2.32. The van der Waals surface area contributed by atoms with Crippen LogP contribution in [0, 0.1) is 0 Å². The maximum absolute atomic E-state index is 6.41. The molecule has 0 saturated carbocycles. The van der Waals surface area contributed by atoms with Crippen LogP contribution in [-0.4, -0.2) is 33.6 Å². The molecule has 0 aromatic carbocycles. The Morgan fingerprint density at radius 1 is 0.938 bits per heavy atom. The zero-order valence-corrected chi connectivity index (χ0v) is 12.7. The van der Waals surface area contributed by atoms with Gasteiger partial charge in [0.15, 0.2) is 0 Å². The number of halogens is 1. The highest BCUT2D eigenvalue weighted by atomic mass is 35.5. The SMILES string of the molecule is CCCCC(Cl)[Si](OCC)(OCC)OCC. The number of unbranched alkanes of at least 4 members (excludes halogenated alkanes) is 1. The quantitative estimate of drug-likeness (QED) is 0.449. The van der Waals surface area contributed by atoms with Crippen molar-refractivity contribution in [2.24, 2.45) is 0 Å². The minimum atomic E-state index is -2.67. The number of hydrogen-bond acceptors (Lipinski definition) is 3. The van der Waals surface area contributed by atoms with Gasteiger partial charge in [-0.25, -0.2) is 0 Å². The highest BCUT2D eigenvalue weighted by molar-refractivity contribution is 6.71. The predicted octanol–water partition coefficient (Wildman–Crippen LogP) is 3.37. The molecule has 0 saturated heterocycles. The molecule has 0 aliphatic rings. The fourth-order valence-electron chi connectivity index (χ4n) is 1.56. The van der Waals surface area contributed by atoms with Crippen LogP contribution in [0.15, 0.2) is 0 Å². The van der Waals surface area contributed by atoms with E-state index in [1.165, 1.54) is 0 Å². The molecule has 16 heavy (non-hydrogen) atoms. The Morgan fingerprint density at radius 2 is 1.38 bits per heavy atom. The molecule has 5 heteroatoms. The van der Waals surface area contributed by atoms with Crippen molar-refractivity contribution >= 4 is 20.4 Å². The minimum absolute atomic E-state index is 0.132.